The molecule has 84 heavy (non-hydrogen) atoms. The van der Waals surface area contributed by atoms with Crippen LogP contribution >= 0.6 is 0 Å². The smallest absolute Gasteiger partial charge is 0.136 e. The van der Waals surface area contributed by atoms with Crippen LogP contribution < -0.4 is 0 Å². The highest BCUT2D eigenvalue weighted by Crippen LogP contribution is 2.49. The fraction of sp³-hybridized carbons (Fsp3) is 0.0370. The van der Waals surface area contributed by atoms with Gasteiger partial charge in [-0.15, -0.1) is 0 Å². The first-order chi connectivity index (χ1) is 41.5. The molecule has 0 N–H and O–H groups in total. The van der Waals surface area contributed by atoms with Crippen molar-refractivity contribution < 1.29 is 13.3 Å². The quantitative estimate of drug-likeness (QED) is 0.167. The van der Waals surface area contributed by atoms with Crippen molar-refractivity contribution in [3.63, 3.8) is 0 Å². The highest BCUT2D eigenvalue weighted by molar-refractivity contribution is 6.16. The predicted octanol–water partition coefficient (Wildman–Crippen LogP) is 22.1. The standard InChI is InChI=1S/C81H48O3/c1-4-10-46(11-5-1)49-16-19-55-28-61-41-68-62(40-67(61)64(55)34-49)29-56-21-18-52(36-65(56)68)58-31-59(53-23-26-76-70(38-53)73-42-63-30-57-20-17-50(47-12-6-2-7-13-47)35-66(57)69(63)43-79(73)82-76)33-60(32-58)54-24-27-78-72(39-54)75-45-80-74(44-81(75)84-78)71-37-51(22-25-77(71)83-80)48-14-8-3-9-15-48/h1-27,31-45H,28-30H2. The van der Waals surface area contributed by atoms with Crippen LogP contribution in [0.15, 0.2) is 268 Å². The molecule has 0 fully saturated rings. The average Bonchev–Trinajstić information content (AvgIpc) is 3.73. The molecule has 3 aromatic heterocycles. The number of benzene rings is 13. The van der Waals surface area contributed by atoms with Gasteiger partial charge in [0.25, 0.3) is 0 Å². The third-order valence-corrected chi connectivity index (χ3v) is 18.7. The van der Waals surface area contributed by atoms with Crippen LogP contribution in [0.25, 0.3) is 166 Å². The van der Waals surface area contributed by atoms with E-state index in [2.05, 4.69) is 255 Å². The molecule has 0 radical (unpaired) electrons. The van der Waals surface area contributed by atoms with Crippen LogP contribution in [0, 0.1) is 0 Å². The van der Waals surface area contributed by atoms with Gasteiger partial charge in [0.2, 0.25) is 0 Å². The molecular weight excluding hydrogens is 1020 g/mol. The van der Waals surface area contributed by atoms with Gasteiger partial charge in [-0.3, -0.25) is 0 Å². The minimum Gasteiger partial charge on any atom is -0.456 e. The third-order valence-electron chi connectivity index (χ3n) is 18.7. The van der Waals surface area contributed by atoms with Crippen molar-refractivity contribution in [3.8, 4) is 100 Å². The van der Waals surface area contributed by atoms with E-state index in [1.54, 1.807) is 0 Å². The number of furan rings is 3. The Bertz CT molecular complexity index is 5500. The molecule has 0 atom stereocenters. The molecule has 0 bridgehead atoms. The van der Waals surface area contributed by atoms with Crippen molar-refractivity contribution in [2.45, 2.75) is 19.3 Å². The van der Waals surface area contributed by atoms with Gasteiger partial charge in [0.05, 0.1) is 0 Å². The first kappa shape index (κ1) is 45.9. The molecule has 3 heterocycles. The molecule has 0 aliphatic heterocycles. The van der Waals surface area contributed by atoms with E-state index in [0.717, 1.165) is 113 Å². The molecule has 3 heteroatoms. The fourth-order valence-electron chi connectivity index (χ4n) is 14.4. The van der Waals surface area contributed by atoms with E-state index in [1.807, 2.05) is 0 Å². The normalized spacial score (nSPS) is 12.9. The average molecular weight is 1070 g/mol. The van der Waals surface area contributed by atoms with Crippen LogP contribution in [0.4, 0.5) is 0 Å². The summed E-state index contributed by atoms with van der Waals surface area (Å²) in [6.45, 7) is 0. The van der Waals surface area contributed by atoms with Gasteiger partial charge in [0, 0.05) is 32.3 Å². The SMILES string of the molecule is c1ccc(-c2ccc3c(c2)-c2cc4c(cc2C3)-c2cc(-c3cc(-c5ccc6oc7cc8c(cc7c6c5)Cc5ccc(-c6ccccc6)cc5-8)cc(-c5ccc6oc7cc8c(cc7c6c5)oc5ccc(-c6ccccc6)cc58)c3)ccc2C4)cc1. The van der Waals surface area contributed by atoms with E-state index >= 15 is 0 Å². The molecule has 16 aromatic rings. The van der Waals surface area contributed by atoms with E-state index in [-0.39, 0.29) is 0 Å². The van der Waals surface area contributed by atoms with E-state index in [4.69, 9.17) is 13.3 Å². The van der Waals surface area contributed by atoms with Crippen LogP contribution in [0.2, 0.25) is 0 Å². The number of rotatable bonds is 6. The van der Waals surface area contributed by atoms with Crippen LogP contribution in [-0.2, 0) is 19.3 Å². The van der Waals surface area contributed by atoms with Crippen molar-refractivity contribution in [1.82, 2.24) is 0 Å². The predicted molar refractivity (Wildman–Crippen MR) is 346 cm³/mol. The Morgan fingerprint density at radius 2 is 0.452 bits per heavy atom. The van der Waals surface area contributed by atoms with Crippen molar-refractivity contribution in [3.05, 3.63) is 288 Å². The Morgan fingerprint density at radius 3 is 0.857 bits per heavy atom. The van der Waals surface area contributed by atoms with Crippen molar-refractivity contribution in [1.29, 1.82) is 0 Å². The lowest BCUT2D eigenvalue weighted by molar-refractivity contribution is 0.664. The summed E-state index contributed by atoms with van der Waals surface area (Å²) in [7, 11) is 0. The topological polar surface area (TPSA) is 39.4 Å². The zero-order valence-electron chi connectivity index (χ0n) is 45.6. The van der Waals surface area contributed by atoms with Gasteiger partial charge >= 0.3 is 0 Å². The van der Waals surface area contributed by atoms with Gasteiger partial charge < -0.3 is 13.3 Å². The van der Waals surface area contributed by atoms with Gasteiger partial charge in [-0.25, -0.2) is 0 Å². The molecule has 19 rings (SSSR count). The second-order valence-corrected chi connectivity index (χ2v) is 23.5. The Kier molecular flexibility index (Phi) is 9.51. The van der Waals surface area contributed by atoms with Gasteiger partial charge in [-0.1, -0.05) is 146 Å². The largest absolute Gasteiger partial charge is 0.456 e. The van der Waals surface area contributed by atoms with Crippen LogP contribution in [0.5, 0.6) is 0 Å². The van der Waals surface area contributed by atoms with Crippen LogP contribution in [0.3, 0.4) is 0 Å². The van der Waals surface area contributed by atoms with Crippen LogP contribution in [-0.4, -0.2) is 0 Å². The molecule has 390 valence electrons. The molecule has 3 aliphatic carbocycles. The summed E-state index contributed by atoms with van der Waals surface area (Å²) in [5, 5.41) is 6.48. The Labute approximate surface area is 483 Å². The van der Waals surface area contributed by atoms with E-state index in [9.17, 15) is 0 Å². The van der Waals surface area contributed by atoms with E-state index in [0.29, 0.717) is 0 Å². The number of hydrogen-bond donors (Lipinski definition) is 0. The maximum absolute atomic E-state index is 6.75. The molecule has 0 amide bonds. The lowest BCUT2D eigenvalue weighted by atomic mass is 9.91. The Hall–Kier alpha value is -10.7. The second-order valence-electron chi connectivity index (χ2n) is 23.5. The first-order valence-corrected chi connectivity index (χ1v) is 29.2. The summed E-state index contributed by atoms with van der Waals surface area (Å²) in [5.41, 5.74) is 35.7. The molecule has 0 unspecified atom stereocenters. The van der Waals surface area contributed by atoms with Crippen molar-refractivity contribution in [2.24, 2.45) is 0 Å². The number of fused-ring (bicyclic) bond motifs is 18. The molecule has 0 spiro atoms. The maximum atomic E-state index is 6.75. The second kappa shape index (κ2) is 17.4. The summed E-state index contributed by atoms with van der Waals surface area (Å²) < 4.78 is 20.0. The zero-order valence-corrected chi connectivity index (χ0v) is 45.6. The van der Waals surface area contributed by atoms with Gasteiger partial charge in [0.15, 0.2) is 0 Å². The summed E-state index contributed by atoms with van der Waals surface area (Å²) in [6.07, 6.45) is 2.78. The minimum absolute atomic E-state index is 0.842. The monoisotopic (exact) mass is 1070 g/mol. The molecule has 13 aromatic carbocycles. The molecule has 0 saturated carbocycles. The van der Waals surface area contributed by atoms with Gasteiger partial charge in [-0.05, 0) is 262 Å². The Morgan fingerprint density at radius 1 is 0.167 bits per heavy atom. The molecular formula is C81H48O3. The number of hydrogen-bond acceptors (Lipinski definition) is 3. The van der Waals surface area contributed by atoms with Crippen LogP contribution in [0.1, 0.15) is 33.4 Å². The highest BCUT2D eigenvalue weighted by atomic mass is 16.3. The minimum atomic E-state index is 0.842. The highest BCUT2D eigenvalue weighted by Gasteiger charge is 2.28. The van der Waals surface area contributed by atoms with Crippen molar-refractivity contribution >= 4 is 65.8 Å². The Balaban J connectivity index is 0.736. The molecule has 3 aliphatic rings. The molecule has 3 nitrogen and oxygen atoms in total. The lowest BCUT2D eigenvalue weighted by Gasteiger charge is -2.13. The first-order valence-electron chi connectivity index (χ1n) is 29.2. The van der Waals surface area contributed by atoms with E-state index in [1.165, 1.54) is 106 Å². The molecule has 0 saturated heterocycles. The summed E-state index contributed by atoms with van der Waals surface area (Å²) in [6, 6.07) is 94.0. The third kappa shape index (κ3) is 7.06. The fourth-order valence-corrected chi connectivity index (χ4v) is 14.4. The summed E-state index contributed by atoms with van der Waals surface area (Å²) in [5.74, 6) is 0. The maximum Gasteiger partial charge on any atom is 0.136 e. The lowest BCUT2D eigenvalue weighted by Crippen LogP contribution is -1.88. The van der Waals surface area contributed by atoms with Crippen molar-refractivity contribution in [2.75, 3.05) is 0 Å². The zero-order chi connectivity index (χ0) is 54.7. The van der Waals surface area contributed by atoms with E-state index < -0.39 is 0 Å². The summed E-state index contributed by atoms with van der Waals surface area (Å²) >= 11 is 0. The van der Waals surface area contributed by atoms with Gasteiger partial charge in [0.1, 0.15) is 33.5 Å². The summed E-state index contributed by atoms with van der Waals surface area (Å²) in [4.78, 5) is 0. The van der Waals surface area contributed by atoms with Gasteiger partial charge in [-0.2, -0.15) is 0 Å².